The number of hydrogen-bond donors (Lipinski definition) is 1. The van der Waals surface area contributed by atoms with Gasteiger partial charge in [0.05, 0.1) is 7.11 Å². The van der Waals surface area contributed by atoms with Crippen LogP contribution in [-0.4, -0.2) is 38.0 Å². The number of carbonyl (C=O) groups excluding carboxylic acids is 2. The average Bonchev–Trinajstić information content (AvgIpc) is 2.75. The molecule has 0 bridgehead atoms. The molecule has 0 fully saturated rings. The molecule has 0 aromatic heterocycles. The molecule has 0 radical (unpaired) electrons. The normalized spacial score (nSPS) is 11.8. The molecule has 2 aromatic rings. The first-order chi connectivity index (χ1) is 13.7. The average molecular weight is 382 g/mol. The number of methoxy groups -OCH3 is 1. The molecule has 2 aromatic carbocycles. The lowest BCUT2D eigenvalue weighted by Gasteiger charge is -2.10. The van der Waals surface area contributed by atoms with Crippen LogP contribution in [0.2, 0.25) is 0 Å². The predicted octanol–water partition coefficient (Wildman–Crippen LogP) is 3.74. The van der Waals surface area contributed by atoms with Gasteiger partial charge in [-0.1, -0.05) is 60.7 Å². The van der Waals surface area contributed by atoms with Gasteiger partial charge in [-0.3, -0.25) is 4.99 Å². The van der Waals surface area contributed by atoms with E-state index in [-0.39, 0.29) is 12.6 Å². The molecule has 1 amide bonds. The van der Waals surface area contributed by atoms with Gasteiger partial charge in [-0.15, -0.1) is 0 Å². The van der Waals surface area contributed by atoms with Crippen LogP contribution in [-0.2, 0) is 20.9 Å². The molecular weight excluding hydrogens is 356 g/mol. The first-order valence-corrected chi connectivity index (χ1v) is 9.29. The Bertz CT molecular complexity index is 748. The summed E-state index contributed by atoms with van der Waals surface area (Å²) >= 11 is 0. The molecule has 0 saturated heterocycles. The van der Waals surface area contributed by atoms with Crippen molar-refractivity contribution in [1.82, 2.24) is 5.32 Å². The lowest BCUT2D eigenvalue weighted by molar-refractivity contribution is -0.142. The maximum atomic E-state index is 11.9. The maximum absolute atomic E-state index is 11.9. The van der Waals surface area contributed by atoms with E-state index < -0.39 is 12.1 Å². The number of nitrogens with one attached hydrogen (secondary N) is 1. The highest BCUT2D eigenvalue weighted by atomic mass is 16.5. The smallest absolute Gasteiger partial charge is 0.407 e. The molecule has 2 rings (SSSR count). The van der Waals surface area contributed by atoms with Gasteiger partial charge in [-0.05, 0) is 30.4 Å². The van der Waals surface area contributed by atoms with Crippen LogP contribution in [0.4, 0.5) is 4.79 Å². The molecular formula is C22H26N2O4. The van der Waals surface area contributed by atoms with E-state index in [4.69, 9.17) is 9.47 Å². The summed E-state index contributed by atoms with van der Waals surface area (Å²) in [5, 5.41) is 2.71. The third kappa shape index (κ3) is 8.03. The molecule has 148 valence electrons. The zero-order chi connectivity index (χ0) is 20.0. The van der Waals surface area contributed by atoms with Crippen LogP contribution < -0.4 is 5.32 Å². The standard InChI is InChI=1S/C22H26N2O4/c1-27-21(25)20(24-16-18-10-4-2-5-11-18)14-8-9-15-23-22(26)28-17-19-12-6-3-7-13-19/h2-7,10-13,16,20H,8-9,14-15,17H2,1H3,(H,23,26). The van der Waals surface area contributed by atoms with Crippen molar-refractivity contribution >= 4 is 18.3 Å². The fraction of sp³-hybridized carbons (Fsp3) is 0.318. The quantitative estimate of drug-likeness (QED) is 0.386. The molecule has 6 nitrogen and oxygen atoms in total. The Balaban J connectivity index is 1.66. The van der Waals surface area contributed by atoms with Crippen LogP contribution in [0.3, 0.4) is 0 Å². The van der Waals surface area contributed by atoms with Crippen LogP contribution in [0.1, 0.15) is 30.4 Å². The molecule has 28 heavy (non-hydrogen) atoms. The lowest BCUT2D eigenvalue weighted by atomic mass is 10.1. The van der Waals surface area contributed by atoms with Crippen molar-refractivity contribution in [3.05, 3.63) is 71.8 Å². The summed E-state index contributed by atoms with van der Waals surface area (Å²) in [5.41, 5.74) is 1.87. The molecule has 0 aliphatic carbocycles. The topological polar surface area (TPSA) is 77.0 Å². The predicted molar refractivity (Wildman–Crippen MR) is 108 cm³/mol. The summed E-state index contributed by atoms with van der Waals surface area (Å²) in [7, 11) is 1.36. The van der Waals surface area contributed by atoms with Crippen molar-refractivity contribution in [2.75, 3.05) is 13.7 Å². The van der Waals surface area contributed by atoms with Crippen molar-refractivity contribution in [3.63, 3.8) is 0 Å². The van der Waals surface area contributed by atoms with E-state index >= 15 is 0 Å². The van der Waals surface area contributed by atoms with Crippen molar-refractivity contribution in [2.24, 2.45) is 4.99 Å². The van der Waals surface area contributed by atoms with Crippen molar-refractivity contribution < 1.29 is 19.1 Å². The molecule has 0 spiro atoms. The Hall–Kier alpha value is -3.15. The van der Waals surface area contributed by atoms with Crippen LogP contribution in [0, 0.1) is 0 Å². The van der Waals surface area contributed by atoms with Crippen molar-refractivity contribution in [1.29, 1.82) is 0 Å². The van der Waals surface area contributed by atoms with E-state index in [9.17, 15) is 9.59 Å². The molecule has 0 aliphatic rings. The molecule has 1 unspecified atom stereocenters. The fourth-order valence-corrected chi connectivity index (χ4v) is 2.53. The molecule has 1 N–H and O–H groups in total. The second kappa shape index (κ2) is 12.3. The third-order valence-electron chi connectivity index (χ3n) is 4.06. The van der Waals surface area contributed by atoms with Crippen molar-refractivity contribution in [3.8, 4) is 0 Å². The van der Waals surface area contributed by atoms with E-state index in [0.717, 1.165) is 24.0 Å². The van der Waals surface area contributed by atoms with Gasteiger partial charge in [0.15, 0.2) is 0 Å². The monoisotopic (exact) mass is 382 g/mol. The minimum atomic E-state index is -0.546. The molecule has 0 heterocycles. The Kier molecular flexibility index (Phi) is 9.27. The summed E-state index contributed by atoms with van der Waals surface area (Å²) in [6.45, 7) is 0.717. The summed E-state index contributed by atoms with van der Waals surface area (Å²) in [6, 6.07) is 18.5. The van der Waals surface area contributed by atoms with Gasteiger partial charge in [-0.2, -0.15) is 0 Å². The summed E-state index contributed by atoms with van der Waals surface area (Å²) < 4.78 is 9.98. The van der Waals surface area contributed by atoms with Crippen molar-refractivity contribution in [2.45, 2.75) is 31.9 Å². The van der Waals surface area contributed by atoms with Crippen LogP contribution in [0.25, 0.3) is 0 Å². The largest absolute Gasteiger partial charge is 0.467 e. The van der Waals surface area contributed by atoms with E-state index in [0.29, 0.717) is 13.0 Å². The second-order valence-electron chi connectivity index (χ2n) is 6.21. The second-order valence-corrected chi connectivity index (χ2v) is 6.21. The Morgan fingerprint density at radius 1 is 1.04 bits per heavy atom. The van der Waals surface area contributed by atoms with E-state index in [1.165, 1.54) is 7.11 Å². The molecule has 0 aliphatic heterocycles. The number of alkyl carbamates (subject to hydrolysis) is 1. The zero-order valence-electron chi connectivity index (χ0n) is 16.0. The number of nitrogens with zero attached hydrogens (tertiary/aromatic N) is 1. The molecule has 0 saturated carbocycles. The van der Waals surface area contributed by atoms with Gasteiger partial charge >= 0.3 is 12.1 Å². The number of esters is 1. The highest BCUT2D eigenvalue weighted by Gasteiger charge is 2.16. The number of unbranched alkanes of at least 4 members (excludes halogenated alkanes) is 1. The summed E-state index contributed by atoms with van der Waals surface area (Å²) in [6.07, 6.45) is 3.23. The van der Waals surface area contributed by atoms with Gasteiger partial charge in [0, 0.05) is 12.8 Å². The Morgan fingerprint density at radius 3 is 2.39 bits per heavy atom. The third-order valence-corrected chi connectivity index (χ3v) is 4.06. The van der Waals surface area contributed by atoms with E-state index in [2.05, 4.69) is 10.3 Å². The molecule has 1 atom stereocenters. The Morgan fingerprint density at radius 2 is 1.71 bits per heavy atom. The number of carbonyl (C=O) groups is 2. The van der Waals surface area contributed by atoms with Crippen LogP contribution in [0.5, 0.6) is 0 Å². The van der Waals surface area contributed by atoms with Gasteiger partial charge in [0.2, 0.25) is 0 Å². The lowest BCUT2D eigenvalue weighted by Crippen LogP contribution is -2.26. The minimum Gasteiger partial charge on any atom is -0.467 e. The van der Waals surface area contributed by atoms with E-state index in [1.807, 2.05) is 60.7 Å². The fourth-order valence-electron chi connectivity index (χ4n) is 2.53. The number of amides is 1. The van der Waals surface area contributed by atoms with Crippen LogP contribution in [0.15, 0.2) is 65.7 Å². The van der Waals surface area contributed by atoms with Gasteiger partial charge in [-0.25, -0.2) is 9.59 Å². The first-order valence-electron chi connectivity index (χ1n) is 9.29. The van der Waals surface area contributed by atoms with Crippen LogP contribution >= 0.6 is 0 Å². The SMILES string of the molecule is COC(=O)C(CCCCNC(=O)OCc1ccccc1)N=Cc1ccccc1. The maximum Gasteiger partial charge on any atom is 0.407 e. The number of benzene rings is 2. The number of hydrogen-bond acceptors (Lipinski definition) is 5. The first kappa shape index (κ1) is 21.2. The Labute approximate surface area is 165 Å². The number of rotatable bonds is 10. The summed E-state index contributed by atoms with van der Waals surface area (Å²) in [5.74, 6) is -0.359. The highest BCUT2D eigenvalue weighted by molar-refractivity contribution is 5.83. The number of aliphatic imine (C=N–C) groups is 1. The summed E-state index contributed by atoms with van der Waals surface area (Å²) in [4.78, 5) is 27.9. The molecule has 6 heteroatoms. The minimum absolute atomic E-state index is 0.241. The van der Waals surface area contributed by atoms with Gasteiger partial charge < -0.3 is 14.8 Å². The van der Waals surface area contributed by atoms with Gasteiger partial charge in [0.1, 0.15) is 12.6 Å². The zero-order valence-corrected chi connectivity index (χ0v) is 16.0. The number of ether oxygens (including phenoxy) is 2. The highest BCUT2D eigenvalue weighted by Crippen LogP contribution is 2.08. The van der Waals surface area contributed by atoms with E-state index in [1.54, 1.807) is 6.21 Å². The van der Waals surface area contributed by atoms with Gasteiger partial charge in [0.25, 0.3) is 0 Å².